The van der Waals surface area contributed by atoms with E-state index in [0.717, 1.165) is 24.7 Å². The van der Waals surface area contributed by atoms with Gasteiger partial charge in [-0.05, 0) is 67.5 Å². The van der Waals surface area contributed by atoms with Crippen molar-refractivity contribution in [3.8, 4) is 0 Å². The highest BCUT2D eigenvalue weighted by Crippen LogP contribution is 2.26. The average molecular weight is 421 g/mol. The Kier molecular flexibility index (Phi) is 6.43. The molecule has 0 unspecified atom stereocenters. The van der Waals surface area contributed by atoms with Gasteiger partial charge in [-0.3, -0.25) is 4.79 Å². The molecule has 0 saturated carbocycles. The molecule has 1 aliphatic rings. The summed E-state index contributed by atoms with van der Waals surface area (Å²) in [6, 6.07) is 10.8. The molecular formula is C21H25ClN2O3S. The number of aryl methyl sites for hydroxylation is 2. The Bertz CT molecular complexity index is 989. The van der Waals surface area contributed by atoms with Crippen molar-refractivity contribution in [1.82, 2.24) is 5.32 Å². The number of rotatable bonds is 6. The monoisotopic (exact) mass is 420 g/mol. The second kappa shape index (κ2) is 8.64. The number of fused-ring (bicyclic) bond motifs is 1. The first-order valence-electron chi connectivity index (χ1n) is 9.38. The quantitative estimate of drug-likeness (QED) is 0.742. The highest BCUT2D eigenvalue weighted by atomic mass is 35.5. The number of hydrogen-bond acceptors (Lipinski definition) is 4. The van der Waals surface area contributed by atoms with E-state index < -0.39 is 9.84 Å². The van der Waals surface area contributed by atoms with Crippen LogP contribution >= 0.6 is 11.6 Å². The number of carbonyl (C=O) groups excluding carboxylic acids is 1. The fourth-order valence-corrected chi connectivity index (χ4v) is 4.22. The van der Waals surface area contributed by atoms with Gasteiger partial charge >= 0.3 is 0 Å². The highest BCUT2D eigenvalue weighted by Gasteiger charge is 2.15. The lowest BCUT2D eigenvalue weighted by Gasteiger charge is -2.20. The Hall–Kier alpha value is -1.89. The molecule has 1 amide bonds. The molecule has 0 saturated heterocycles. The molecule has 1 atom stereocenters. The number of amides is 1. The Balaban J connectivity index is 1.61. The molecule has 5 nitrogen and oxygen atoms in total. The summed E-state index contributed by atoms with van der Waals surface area (Å²) in [7, 11) is -3.37. The van der Waals surface area contributed by atoms with Crippen LogP contribution in [0.3, 0.4) is 0 Å². The van der Waals surface area contributed by atoms with Gasteiger partial charge in [-0.2, -0.15) is 0 Å². The van der Waals surface area contributed by atoms with Gasteiger partial charge in [-0.1, -0.05) is 29.8 Å². The van der Waals surface area contributed by atoms with Gasteiger partial charge in [0.25, 0.3) is 0 Å². The maximum Gasteiger partial charge on any atom is 0.238 e. The van der Waals surface area contributed by atoms with Crippen LogP contribution in [0.25, 0.3) is 0 Å². The Morgan fingerprint density at radius 1 is 1.11 bits per heavy atom. The van der Waals surface area contributed by atoms with E-state index in [4.69, 9.17) is 11.6 Å². The molecule has 0 spiro atoms. The zero-order valence-corrected chi connectivity index (χ0v) is 17.7. The smallest absolute Gasteiger partial charge is 0.238 e. The first-order chi connectivity index (χ1) is 13.2. The van der Waals surface area contributed by atoms with Gasteiger partial charge in [-0.25, -0.2) is 8.42 Å². The van der Waals surface area contributed by atoms with E-state index >= 15 is 0 Å². The summed E-state index contributed by atoms with van der Waals surface area (Å²) in [6.45, 7) is 2.12. The molecule has 150 valence electrons. The zero-order chi connectivity index (χ0) is 20.3. The summed E-state index contributed by atoms with van der Waals surface area (Å²) in [5.41, 5.74) is 4.29. The van der Waals surface area contributed by atoms with E-state index in [1.165, 1.54) is 42.2 Å². The van der Waals surface area contributed by atoms with E-state index in [1.54, 1.807) is 0 Å². The van der Waals surface area contributed by atoms with Crippen LogP contribution in [0.4, 0.5) is 5.69 Å². The fraction of sp³-hybridized carbons (Fsp3) is 0.381. The maximum atomic E-state index is 12.3. The molecule has 28 heavy (non-hydrogen) atoms. The summed E-state index contributed by atoms with van der Waals surface area (Å²) in [5.74, 6) is -0.280. The van der Waals surface area contributed by atoms with Crippen LogP contribution in [0, 0.1) is 0 Å². The van der Waals surface area contributed by atoms with Crippen molar-refractivity contribution < 1.29 is 13.2 Å². The number of carbonyl (C=O) groups is 1. The second-order valence-electron chi connectivity index (χ2n) is 7.30. The van der Waals surface area contributed by atoms with Crippen molar-refractivity contribution >= 4 is 33.0 Å². The third-order valence-corrected chi connectivity index (χ3v) is 6.52. The molecule has 0 bridgehead atoms. The van der Waals surface area contributed by atoms with Crippen molar-refractivity contribution in [2.24, 2.45) is 0 Å². The zero-order valence-electron chi connectivity index (χ0n) is 16.1. The molecule has 0 aliphatic heterocycles. The summed E-state index contributed by atoms with van der Waals surface area (Å²) in [6.07, 6.45) is 5.86. The van der Waals surface area contributed by atoms with E-state index in [1.807, 2.05) is 6.92 Å². The van der Waals surface area contributed by atoms with Crippen LogP contribution in [0.15, 0.2) is 41.3 Å². The number of benzene rings is 2. The van der Waals surface area contributed by atoms with Crippen molar-refractivity contribution in [2.45, 2.75) is 43.5 Å². The van der Waals surface area contributed by atoms with Gasteiger partial charge < -0.3 is 10.6 Å². The largest absolute Gasteiger partial charge is 0.324 e. The predicted molar refractivity (Wildman–Crippen MR) is 113 cm³/mol. The molecule has 1 aliphatic carbocycles. The number of hydrogen-bond donors (Lipinski definition) is 2. The minimum Gasteiger partial charge on any atom is -0.324 e. The molecule has 0 heterocycles. The van der Waals surface area contributed by atoms with Gasteiger partial charge in [-0.15, -0.1) is 0 Å². The van der Waals surface area contributed by atoms with Crippen LogP contribution in [0.1, 0.15) is 42.5 Å². The molecule has 7 heteroatoms. The van der Waals surface area contributed by atoms with Crippen molar-refractivity contribution in [3.05, 3.63) is 58.1 Å². The predicted octanol–water partition coefficient (Wildman–Crippen LogP) is 3.91. The van der Waals surface area contributed by atoms with Crippen LogP contribution in [-0.2, 0) is 27.5 Å². The third-order valence-electron chi connectivity index (χ3n) is 5.08. The van der Waals surface area contributed by atoms with Gasteiger partial charge in [0, 0.05) is 12.3 Å². The fourth-order valence-electron chi connectivity index (χ4n) is 3.41. The number of halogens is 1. The molecule has 0 aromatic heterocycles. The number of anilines is 1. The molecule has 0 radical (unpaired) electrons. The SMILES string of the molecule is C[C@@H](NCC(=O)Nc1cc(S(C)(=O)=O)ccc1Cl)c1ccc2c(c1)CCCC2. The Labute approximate surface area is 171 Å². The molecule has 2 N–H and O–H groups in total. The first-order valence-corrected chi connectivity index (χ1v) is 11.7. The molecule has 3 rings (SSSR count). The summed E-state index contributed by atoms with van der Waals surface area (Å²) < 4.78 is 23.4. The van der Waals surface area contributed by atoms with Crippen molar-refractivity contribution in [1.29, 1.82) is 0 Å². The lowest BCUT2D eigenvalue weighted by Crippen LogP contribution is -2.30. The lowest BCUT2D eigenvalue weighted by atomic mass is 9.89. The second-order valence-corrected chi connectivity index (χ2v) is 9.72. The minimum atomic E-state index is -3.37. The van der Waals surface area contributed by atoms with Gasteiger partial charge in [0.05, 0.1) is 22.2 Å². The van der Waals surface area contributed by atoms with Gasteiger partial charge in [0.15, 0.2) is 9.84 Å². The highest BCUT2D eigenvalue weighted by molar-refractivity contribution is 7.90. The van der Waals surface area contributed by atoms with Crippen LogP contribution in [0.5, 0.6) is 0 Å². The van der Waals surface area contributed by atoms with Crippen LogP contribution < -0.4 is 10.6 Å². The van der Waals surface area contributed by atoms with Crippen LogP contribution in [-0.4, -0.2) is 27.1 Å². The summed E-state index contributed by atoms with van der Waals surface area (Å²) >= 11 is 6.09. The minimum absolute atomic E-state index is 0.0239. The molecule has 0 fully saturated rings. The Morgan fingerprint density at radius 3 is 2.54 bits per heavy atom. The van der Waals surface area contributed by atoms with Crippen molar-refractivity contribution in [3.63, 3.8) is 0 Å². The normalized spacial score (nSPS) is 15.0. The maximum absolute atomic E-state index is 12.3. The number of sulfone groups is 1. The lowest BCUT2D eigenvalue weighted by molar-refractivity contribution is -0.115. The average Bonchev–Trinajstić information content (AvgIpc) is 2.66. The van der Waals surface area contributed by atoms with E-state index in [9.17, 15) is 13.2 Å². The third kappa shape index (κ3) is 5.13. The first kappa shape index (κ1) is 20.8. The van der Waals surface area contributed by atoms with Gasteiger partial charge in [0.1, 0.15) is 0 Å². The summed E-state index contributed by atoms with van der Waals surface area (Å²) in [4.78, 5) is 12.4. The van der Waals surface area contributed by atoms with E-state index in [0.29, 0.717) is 5.02 Å². The number of nitrogens with one attached hydrogen (secondary N) is 2. The molecular weight excluding hydrogens is 396 g/mol. The summed E-state index contributed by atoms with van der Waals surface area (Å²) in [5, 5.41) is 6.19. The van der Waals surface area contributed by atoms with E-state index in [-0.39, 0.29) is 29.1 Å². The van der Waals surface area contributed by atoms with Crippen LogP contribution in [0.2, 0.25) is 5.02 Å². The molecule has 2 aromatic carbocycles. The van der Waals surface area contributed by atoms with Crippen molar-refractivity contribution in [2.75, 3.05) is 18.1 Å². The topological polar surface area (TPSA) is 75.3 Å². The van der Waals surface area contributed by atoms with Gasteiger partial charge in [0.2, 0.25) is 5.91 Å². The standard InChI is InChI=1S/C21H25ClN2O3S/c1-14(16-8-7-15-5-3-4-6-17(15)11-16)23-13-21(25)24-20-12-18(28(2,26)27)9-10-19(20)22/h7-12,14,23H,3-6,13H2,1-2H3,(H,24,25)/t14-/m1/s1. The van der Waals surface area contributed by atoms with E-state index in [2.05, 4.69) is 28.8 Å². The Morgan fingerprint density at radius 2 is 1.82 bits per heavy atom. The molecule has 2 aromatic rings.